The highest BCUT2D eigenvalue weighted by Gasteiger charge is 2.27. The van der Waals surface area contributed by atoms with Gasteiger partial charge in [0.25, 0.3) is 0 Å². The van der Waals surface area contributed by atoms with E-state index in [1.165, 1.54) is 9.09 Å². The fourth-order valence-electron chi connectivity index (χ4n) is 2.17. The summed E-state index contributed by atoms with van der Waals surface area (Å²) in [6.45, 7) is 11.0. The summed E-state index contributed by atoms with van der Waals surface area (Å²) in [7, 11) is 0. The van der Waals surface area contributed by atoms with Crippen molar-refractivity contribution in [1.29, 1.82) is 0 Å². The second kappa shape index (κ2) is 5.24. The van der Waals surface area contributed by atoms with Crippen molar-refractivity contribution >= 4 is 45.2 Å². The number of hydrogen-bond donors (Lipinski definition) is 0. The van der Waals surface area contributed by atoms with E-state index in [-0.39, 0.29) is 10.8 Å². The summed E-state index contributed by atoms with van der Waals surface area (Å²) in [5.74, 6) is 0.959. The van der Waals surface area contributed by atoms with Gasteiger partial charge in [0.1, 0.15) is 5.82 Å². The molecule has 0 saturated heterocycles. The highest BCUT2D eigenvalue weighted by Crippen LogP contribution is 2.36. The van der Waals surface area contributed by atoms with Crippen LogP contribution in [0.15, 0.2) is 18.2 Å². The van der Waals surface area contributed by atoms with Gasteiger partial charge in [-0.25, -0.2) is 4.98 Å². The minimum Gasteiger partial charge on any atom is -0.323 e. The third-order valence-electron chi connectivity index (χ3n) is 3.68. The van der Waals surface area contributed by atoms with Crippen LogP contribution in [0.3, 0.4) is 0 Å². The van der Waals surface area contributed by atoms with Crippen molar-refractivity contribution in [2.75, 3.05) is 0 Å². The van der Waals surface area contributed by atoms with Crippen molar-refractivity contribution in [3.8, 4) is 0 Å². The maximum absolute atomic E-state index is 6.33. The van der Waals surface area contributed by atoms with Gasteiger partial charge >= 0.3 is 0 Å². The number of rotatable bonds is 2. The van der Waals surface area contributed by atoms with Crippen molar-refractivity contribution in [3.63, 3.8) is 0 Å². The highest BCUT2D eigenvalue weighted by molar-refractivity contribution is 14.1. The Labute approximate surface area is 133 Å². The molecule has 0 fully saturated rings. The first-order valence-electron chi connectivity index (χ1n) is 6.53. The fraction of sp³-hybridized carbons (Fsp3) is 0.533. The zero-order chi connectivity index (χ0) is 14.4. The molecule has 0 aliphatic carbocycles. The Morgan fingerprint density at radius 2 is 1.89 bits per heavy atom. The molecule has 2 atom stereocenters. The molecule has 19 heavy (non-hydrogen) atoms. The number of nitrogens with zero attached hydrogens (tertiary/aromatic N) is 2. The average molecular weight is 391 g/mol. The van der Waals surface area contributed by atoms with Crippen molar-refractivity contribution in [1.82, 2.24) is 9.55 Å². The molecule has 0 spiro atoms. The zero-order valence-corrected chi connectivity index (χ0v) is 15.0. The van der Waals surface area contributed by atoms with Crippen LogP contribution in [0.1, 0.15) is 51.9 Å². The Morgan fingerprint density at radius 1 is 1.26 bits per heavy atom. The van der Waals surface area contributed by atoms with Crippen LogP contribution in [0.2, 0.25) is 0 Å². The molecule has 0 N–H and O–H groups in total. The molecule has 2 unspecified atom stereocenters. The molecule has 104 valence electrons. The van der Waals surface area contributed by atoms with Crippen LogP contribution in [-0.4, -0.2) is 9.55 Å². The lowest BCUT2D eigenvalue weighted by molar-refractivity contribution is 0.262. The number of imidazole rings is 1. The van der Waals surface area contributed by atoms with E-state index in [0.717, 1.165) is 11.3 Å². The molecule has 0 radical (unpaired) electrons. The van der Waals surface area contributed by atoms with E-state index >= 15 is 0 Å². The van der Waals surface area contributed by atoms with Crippen LogP contribution < -0.4 is 0 Å². The van der Waals surface area contributed by atoms with Crippen molar-refractivity contribution < 1.29 is 0 Å². The van der Waals surface area contributed by atoms with Crippen LogP contribution in [0.4, 0.5) is 0 Å². The molecule has 1 heterocycles. The topological polar surface area (TPSA) is 17.8 Å². The Kier molecular flexibility index (Phi) is 4.17. The quantitative estimate of drug-likeness (QED) is 0.486. The van der Waals surface area contributed by atoms with Crippen LogP contribution in [0.5, 0.6) is 0 Å². The van der Waals surface area contributed by atoms with Gasteiger partial charge < -0.3 is 4.57 Å². The van der Waals surface area contributed by atoms with Gasteiger partial charge in [0.05, 0.1) is 16.4 Å². The molecule has 2 aromatic rings. The van der Waals surface area contributed by atoms with Crippen LogP contribution >= 0.6 is 34.2 Å². The number of halogens is 2. The summed E-state index contributed by atoms with van der Waals surface area (Å²) in [5.41, 5.74) is 2.37. The first-order valence-corrected chi connectivity index (χ1v) is 8.05. The molecule has 2 nitrogen and oxygen atoms in total. The zero-order valence-electron chi connectivity index (χ0n) is 12.0. The normalized spacial score (nSPS) is 15.7. The maximum atomic E-state index is 6.33. The minimum absolute atomic E-state index is 0.0881. The minimum atomic E-state index is -0.0881. The molecule has 0 aliphatic heterocycles. The molecule has 0 bridgehead atoms. The van der Waals surface area contributed by atoms with Crippen molar-refractivity contribution in [3.05, 3.63) is 27.6 Å². The Balaban J connectivity index is 2.72. The van der Waals surface area contributed by atoms with E-state index in [9.17, 15) is 0 Å². The van der Waals surface area contributed by atoms with E-state index in [2.05, 4.69) is 73.1 Å². The summed E-state index contributed by atoms with van der Waals surface area (Å²) in [5, 5.41) is -0.0881. The molecule has 2 rings (SSSR count). The number of hydrogen-bond acceptors (Lipinski definition) is 1. The Morgan fingerprint density at radius 3 is 2.42 bits per heavy atom. The van der Waals surface area contributed by atoms with Crippen LogP contribution in [-0.2, 0) is 0 Å². The predicted octanol–water partition coefficient (Wildman–Crippen LogP) is 5.55. The highest BCUT2D eigenvalue weighted by atomic mass is 127. The third-order valence-corrected chi connectivity index (χ3v) is 4.54. The molecule has 0 saturated carbocycles. The number of aromatic nitrogens is 2. The lowest BCUT2D eigenvalue weighted by Crippen LogP contribution is -2.23. The smallest absolute Gasteiger partial charge is 0.127 e. The molecular formula is C15H20ClIN2. The van der Waals surface area contributed by atoms with Gasteiger partial charge in [0.15, 0.2) is 0 Å². The lowest BCUT2D eigenvalue weighted by Gasteiger charge is -2.30. The molecule has 0 amide bonds. The molecule has 1 aromatic heterocycles. The van der Waals surface area contributed by atoms with Gasteiger partial charge in [-0.3, -0.25) is 0 Å². The second-order valence-corrected chi connectivity index (χ2v) is 8.03. The molecule has 1 aromatic carbocycles. The monoisotopic (exact) mass is 390 g/mol. The van der Waals surface area contributed by atoms with E-state index < -0.39 is 0 Å². The van der Waals surface area contributed by atoms with Crippen molar-refractivity contribution in [2.45, 2.75) is 46.0 Å². The largest absolute Gasteiger partial charge is 0.323 e. The Bertz CT molecular complexity index is 596. The average Bonchev–Trinajstić information content (AvgIpc) is 2.64. The first kappa shape index (κ1) is 15.1. The third kappa shape index (κ3) is 2.92. The number of benzene rings is 1. The first-order chi connectivity index (χ1) is 8.71. The van der Waals surface area contributed by atoms with Gasteiger partial charge in [-0.2, -0.15) is 0 Å². The van der Waals surface area contributed by atoms with Crippen molar-refractivity contribution in [2.24, 2.45) is 5.41 Å². The predicted molar refractivity (Wildman–Crippen MR) is 90.9 cm³/mol. The van der Waals surface area contributed by atoms with E-state index in [0.29, 0.717) is 6.04 Å². The summed E-state index contributed by atoms with van der Waals surface area (Å²) >= 11 is 8.65. The SMILES string of the molecule is CC(Cl)c1nc2cc(I)ccc2n1C(C)C(C)(C)C. The van der Waals surface area contributed by atoms with Gasteiger partial charge in [0.2, 0.25) is 0 Å². The van der Waals surface area contributed by atoms with Crippen LogP contribution in [0, 0.1) is 8.99 Å². The summed E-state index contributed by atoms with van der Waals surface area (Å²) < 4.78 is 3.50. The number of alkyl halides is 1. The van der Waals surface area contributed by atoms with Gasteiger partial charge in [-0.05, 0) is 60.1 Å². The maximum Gasteiger partial charge on any atom is 0.127 e. The van der Waals surface area contributed by atoms with E-state index in [4.69, 9.17) is 16.6 Å². The van der Waals surface area contributed by atoms with Crippen LogP contribution in [0.25, 0.3) is 11.0 Å². The lowest BCUT2D eigenvalue weighted by atomic mass is 9.87. The summed E-state index contributed by atoms with van der Waals surface area (Å²) in [4.78, 5) is 4.73. The Hall–Kier alpha value is -0.290. The van der Waals surface area contributed by atoms with Gasteiger partial charge in [-0.1, -0.05) is 20.8 Å². The summed E-state index contributed by atoms with van der Waals surface area (Å²) in [6, 6.07) is 6.73. The number of fused-ring (bicyclic) bond motifs is 1. The molecule has 4 heteroatoms. The van der Waals surface area contributed by atoms with E-state index in [1.54, 1.807) is 0 Å². The summed E-state index contributed by atoms with van der Waals surface area (Å²) in [6.07, 6.45) is 0. The molecule has 0 aliphatic rings. The standard InChI is InChI=1S/C15H20ClIN2/c1-9(16)14-18-12-8-11(17)6-7-13(12)19(14)10(2)15(3,4)5/h6-10H,1-5H3. The van der Waals surface area contributed by atoms with Gasteiger partial charge in [-0.15, -0.1) is 11.6 Å². The van der Waals surface area contributed by atoms with Gasteiger partial charge in [0, 0.05) is 9.61 Å². The second-order valence-electron chi connectivity index (χ2n) is 6.13. The fourth-order valence-corrected chi connectivity index (χ4v) is 2.79. The van der Waals surface area contributed by atoms with E-state index in [1.807, 2.05) is 6.92 Å². The molecular weight excluding hydrogens is 371 g/mol.